The first-order valence-electron chi connectivity index (χ1n) is 7.39. The zero-order valence-corrected chi connectivity index (χ0v) is 15.3. The lowest BCUT2D eigenvalue weighted by Gasteiger charge is -2.09. The quantitative estimate of drug-likeness (QED) is 0.316. The standard InChI is InChI=1S/C17H19NO5S2/c1-11(2)14-6-4-12(16(9-14)24(19)20)3-5-13-7-8-15(18)10-17(13)25(21,22)23/h3-11H,18H2,1-2H3,(H,19,20)(H,21,22,23)/b5-3+. The van der Waals surface area contributed by atoms with Gasteiger partial charge in [-0.3, -0.25) is 4.55 Å². The molecule has 1 atom stereocenters. The largest absolute Gasteiger partial charge is 0.399 e. The van der Waals surface area contributed by atoms with Crippen LogP contribution in [-0.4, -0.2) is 21.7 Å². The van der Waals surface area contributed by atoms with Crippen LogP contribution in [-0.2, 0) is 21.2 Å². The Bertz CT molecular complexity index is 950. The molecule has 134 valence electrons. The molecule has 0 heterocycles. The van der Waals surface area contributed by atoms with Crippen molar-refractivity contribution in [1.29, 1.82) is 0 Å². The van der Waals surface area contributed by atoms with Crippen molar-refractivity contribution in [2.24, 2.45) is 0 Å². The second-order valence-electron chi connectivity index (χ2n) is 5.81. The Morgan fingerprint density at radius 1 is 1.08 bits per heavy atom. The van der Waals surface area contributed by atoms with Crippen molar-refractivity contribution in [2.45, 2.75) is 29.6 Å². The van der Waals surface area contributed by atoms with E-state index >= 15 is 0 Å². The van der Waals surface area contributed by atoms with Crippen LogP contribution in [0.5, 0.6) is 0 Å². The molecule has 6 nitrogen and oxygen atoms in total. The molecule has 2 rings (SSSR count). The molecule has 0 aliphatic carbocycles. The SMILES string of the molecule is CC(C)c1ccc(/C=C/c2ccc(N)cc2S(=O)(=O)O)c(S(=O)O)c1. The summed E-state index contributed by atoms with van der Waals surface area (Å²) in [5.74, 6) is 0.198. The molecule has 0 radical (unpaired) electrons. The molecule has 0 spiro atoms. The number of hydrogen-bond acceptors (Lipinski definition) is 4. The van der Waals surface area contributed by atoms with Crippen LogP contribution in [0.2, 0.25) is 0 Å². The van der Waals surface area contributed by atoms with Gasteiger partial charge in [0, 0.05) is 5.69 Å². The first-order valence-corrected chi connectivity index (χ1v) is 9.94. The van der Waals surface area contributed by atoms with E-state index < -0.39 is 21.2 Å². The second-order valence-corrected chi connectivity index (χ2v) is 8.13. The van der Waals surface area contributed by atoms with Crippen LogP contribution < -0.4 is 5.73 Å². The van der Waals surface area contributed by atoms with Crippen LogP contribution in [0.15, 0.2) is 46.2 Å². The smallest absolute Gasteiger partial charge is 0.295 e. The highest BCUT2D eigenvalue weighted by Gasteiger charge is 2.15. The van der Waals surface area contributed by atoms with E-state index in [0.717, 1.165) is 11.6 Å². The van der Waals surface area contributed by atoms with Gasteiger partial charge < -0.3 is 10.3 Å². The maximum Gasteiger partial charge on any atom is 0.295 e. The van der Waals surface area contributed by atoms with Crippen molar-refractivity contribution in [2.75, 3.05) is 5.73 Å². The predicted molar refractivity (Wildman–Crippen MR) is 99.2 cm³/mol. The summed E-state index contributed by atoms with van der Waals surface area (Å²) < 4.78 is 53.4. The molecular weight excluding hydrogens is 362 g/mol. The molecule has 2 aromatic carbocycles. The lowest BCUT2D eigenvalue weighted by atomic mass is 10.0. The molecule has 0 bridgehead atoms. The molecule has 0 aliphatic rings. The van der Waals surface area contributed by atoms with Crippen LogP contribution in [0, 0.1) is 0 Å². The topological polar surface area (TPSA) is 118 Å². The van der Waals surface area contributed by atoms with Gasteiger partial charge in [0.1, 0.15) is 4.90 Å². The second kappa shape index (κ2) is 7.49. The number of rotatable bonds is 5. The molecule has 0 saturated heterocycles. The van der Waals surface area contributed by atoms with E-state index in [4.69, 9.17) is 5.73 Å². The van der Waals surface area contributed by atoms with E-state index in [1.165, 1.54) is 24.3 Å². The first kappa shape index (κ1) is 19.3. The average Bonchev–Trinajstić information content (AvgIpc) is 2.52. The summed E-state index contributed by atoms with van der Waals surface area (Å²) in [4.78, 5) is -0.0967. The molecule has 2 aromatic rings. The van der Waals surface area contributed by atoms with E-state index in [0.29, 0.717) is 5.56 Å². The Kier molecular flexibility index (Phi) is 5.79. The third-order valence-electron chi connectivity index (χ3n) is 3.65. The Balaban J connectivity index is 2.52. The minimum Gasteiger partial charge on any atom is -0.399 e. The van der Waals surface area contributed by atoms with E-state index in [2.05, 4.69) is 0 Å². The van der Waals surface area contributed by atoms with Crippen molar-refractivity contribution in [3.05, 3.63) is 53.1 Å². The zero-order chi connectivity index (χ0) is 18.8. The van der Waals surface area contributed by atoms with E-state index in [1.807, 2.05) is 19.9 Å². The normalized spacial score (nSPS) is 13.5. The number of anilines is 1. The average molecular weight is 381 g/mol. The van der Waals surface area contributed by atoms with Gasteiger partial charge in [-0.1, -0.05) is 44.2 Å². The highest BCUT2D eigenvalue weighted by atomic mass is 32.2. The van der Waals surface area contributed by atoms with Gasteiger partial charge in [-0.15, -0.1) is 0 Å². The van der Waals surface area contributed by atoms with Crippen LogP contribution >= 0.6 is 0 Å². The van der Waals surface area contributed by atoms with Crippen LogP contribution in [0.25, 0.3) is 12.2 Å². The fourth-order valence-electron chi connectivity index (χ4n) is 2.29. The Hall–Kier alpha value is -2.00. The molecule has 0 fully saturated rings. The van der Waals surface area contributed by atoms with E-state index in [9.17, 15) is 21.7 Å². The minimum absolute atomic E-state index is 0.197. The Morgan fingerprint density at radius 2 is 1.68 bits per heavy atom. The predicted octanol–water partition coefficient (Wildman–Crippen LogP) is 3.39. The summed E-state index contributed by atoms with van der Waals surface area (Å²) in [7, 11) is -4.45. The van der Waals surface area contributed by atoms with Gasteiger partial charge in [0.25, 0.3) is 10.1 Å². The van der Waals surface area contributed by atoms with Crippen molar-refractivity contribution < 1.29 is 21.7 Å². The monoisotopic (exact) mass is 381 g/mol. The zero-order valence-electron chi connectivity index (χ0n) is 13.7. The first-order chi connectivity index (χ1) is 11.6. The molecule has 0 aliphatic heterocycles. The number of hydrogen-bond donors (Lipinski definition) is 3. The van der Waals surface area contributed by atoms with E-state index in [-0.39, 0.29) is 27.0 Å². The maximum absolute atomic E-state index is 11.6. The summed E-state index contributed by atoms with van der Waals surface area (Å²) in [5, 5.41) is 0. The van der Waals surface area contributed by atoms with Gasteiger partial charge in [0.05, 0.1) is 4.90 Å². The Morgan fingerprint density at radius 3 is 2.24 bits per heavy atom. The van der Waals surface area contributed by atoms with Crippen molar-refractivity contribution in [1.82, 2.24) is 0 Å². The van der Waals surface area contributed by atoms with Gasteiger partial charge >= 0.3 is 0 Å². The highest BCUT2D eigenvalue weighted by molar-refractivity contribution is 7.86. The number of nitrogens with two attached hydrogens (primary N) is 1. The van der Waals surface area contributed by atoms with Gasteiger partial charge in [-0.05, 0) is 40.8 Å². The van der Waals surface area contributed by atoms with Crippen molar-refractivity contribution in [3.63, 3.8) is 0 Å². The molecule has 4 N–H and O–H groups in total. The third kappa shape index (κ3) is 4.76. The Labute approximate surface area is 149 Å². The fraction of sp³-hybridized carbons (Fsp3) is 0.176. The summed E-state index contributed by atoms with van der Waals surface area (Å²) >= 11 is -2.19. The summed E-state index contributed by atoms with van der Waals surface area (Å²) in [5.41, 5.74) is 7.38. The fourth-order valence-corrected chi connectivity index (χ4v) is 3.58. The molecule has 25 heavy (non-hydrogen) atoms. The van der Waals surface area contributed by atoms with Crippen LogP contribution in [0.4, 0.5) is 5.69 Å². The molecule has 8 heteroatoms. The van der Waals surface area contributed by atoms with Crippen molar-refractivity contribution in [3.8, 4) is 0 Å². The number of nitrogen functional groups attached to an aromatic ring is 1. The van der Waals surface area contributed by atoms with Gasteiger partial charge in [0.15, 0.2) is 11.1 Å². The molecule has 0 aromatic heterocycles. The molecule has 1 unspecified atom stereocenters. The minimum atomic E-state index is -4.45. The van der Waals surface area contributed by atoms with Gasteiger partial charge in [-0.25, -0.2) is 4.21 Å². The number of benzene rings is 2. The van der Waals surface area contributed by atoms with Crippen molar-refractivity contribution >= 4 is 39.0 Å². The highest BCUT2D eigenvalue weighted by Crippen LogP contribution is 2.25. The van der Waals surface area contributed by atoms with Gasteiger partial charge in [-0.2, -0.15) is 8.42 Å². The summed E-state index contributed by atoms with van der Waals surface area (Å²) in [6, 6.07) is 9.29. The summed E-state index contributed by atoms with van der Waals surface area (Å²) in [6.07, 6.45) is 2.97. The van der Waals surface area contributed by atoms with Crippen LogP contribution in [0.1, 0.15) is 36.5 Å². The third-order valence-corrected chi connectivity index (χ3v) is 5.29. The maximum atomic E-state index is 11.6. The lowest BCUT2D eigenvalue weighted by Crippen LogP contribution is -2.02. The molecule has 0 amide bonds. The molecular formula is C17H19NO5S2. The summed E-state index contributed by atoms with van der Waals surface area (Å²) in [6.45, 7) is 3.95. The van der Waals surface area contributed by atoms with E-state index in [1.54, 1.807) is 12.1 Å². The van der Waals surface area contributed by atoms with Crippen LogP contribution in [0.3, 0.4) is 0 Å². The molecule has 0 saturated carbocycles. The lowest BCUT2D eigenvalue weighted by molar-refractivity contribution is 0.483. The van der Waals surface area contributed by atoms with Gasteiger partial charge in [0.2, 0.25) is 0 Å².